The van der Waals surface area contributed by atoms with Crippen LogP contribution < -0.4 is 4.90 Å². The third-order valence-corrected chi connectivity index (χ3v) is 5.38. The van der Waals surface area contributed by atoms with Crippen molar-refractivity contribution >= 4 is 23.2 Å². The Bertz CT molecular complexity index is 899. The second kappa shape index (κ2) is 6.55. The van der Waals surface area contributed by atoms with Gasteiger partial charge in [-0.15, -0.1) is 0 Å². The molecule has 3 aromatic rings. The predicted octanol–water partition coefficient (Wildman–Crippen LogP) is 3.07. The summed E-state index contributed by atoms with van der Waals surface area (Å²) in [6, 6.07) is 4.68. The van der Waals surface area contributed by atoms with Crippen molar-refractivity contribution in [1.29, 1.82) is 0 Å². The van der Waals surface area contributed by atoms with Crippen LogP contribution in [0.4, 0.5) is 14.6 Å². The summed E-state index contributed by atoms with van der Waals surface area (Å²) in [7, 11) is 0. The van der Waals surface area contributed by atoms with Crippen LogP contribution in [0.3, 0.4) is 0 Å². The number of thioether (sulfide) groups is 1. The third kappa shape index (κ3) is 3.04. The van der Waals surface area contributed by atoms with Crippen LogP contribution in [0.15, 0.2) is 30.7 Å². The van der Waals surface area contributed by atoms with E-state index in [2.05, 4.69) is 31.2 Å². The lowest BCUT2D eigenvalue weighted by Gasteiger charge is -2.17. The normalized spacial score (nSPS) is 17.8. The molecule has 0 saturated carbocycles. The molecule has 0 radical (unpaired) electrons. The molecule has 4 heterocycles. The number of hydrogen-bond acceptors (Lipinski definition) is 6. The maximum atomic E-state index is 12.9. The Morgan fingerprint density at radius 3 is 2.88 bits per heavy atom. The van der Waals surface area contributed by atoms with Crippen molar-refractivity contribution in [3.8, 4) is 11.4 Å². The maximum Gasteiger partial charge on any atom is 0.282 e. The minimum Gasteiger partial charge on any atom is -0.355 e. The van der Waals surface area contributed by atoms with Gasteiger partial charge in [0.1, 0.15) is 23.5 Å². The lowest BCUT2D eigenvalue weighted by Crippen LogP contribution is -2.21. The number of hydrogen-bond donors (Lipinski definition) is 0. The van der Waals surface area contributed by atoms with Crippen LogP contribution in [0, 0.1) is 0 Å². The van der Waals surface area contributed by atoms with Crippen LogP contribution in [0.1, 0.15) is 18.5 Å². The highest BCUT2D eigenvalue weighted by Crippen LogP contribution is 2.27. The fourth-order valence-electron chi connectivity index (χ4n) is 2.97. The zero-order chi connectivity index (χ0) is 17.4. The summed E-state index contributed by atoms with van der Waals surface area (Å²) in [5.74, 6) is 0.835. The summed E-state index contributed by atoms with van der Waals surface area (Å²) in [5.41, 5.74) is 1.40. The molecule has 1 atom stereocenters. The van der Waals surface area contributed by atoms with E-state index in [0.29, 0.717) is 22.3 Å². The highest BCUT2D eigenvalue weighted by molar-refractivity contribution is 7.99. The Kier molecular flexibility index (Phi) is 4.24. The largest absolute Gasteiger partial charge is 0.355 e. The van der Waals surface area contributed by atoms with Gasteiger partial charge in [0.05, 0.1) is 11.9 Å². The average Bonchev–Trinajstić information content (AvgIpc) is 3.28. The zero-order valence-corrected chi connectivity index (χ0v) is 14.3. The van der Waals surface area contributed by atoms with E-state index in [1.54, 1.807) is 6.20 Å². The van der Waals surface area contributed by atoms with Crippen molar-refractivity contribution in [3.05, 3.63) is 36.4 Å². The van der Waals surface area contributed by atoms with Gasteiger partial charge < -0.3 is 4.90 Å². The van der Waals surface area contributed by atoms with Gasteiger partial charge in [-0.3, -0.25) is 0 Å². The monoisotopic (exact) mass is 362 g/mol. The van der Waals surface area contributed by atoms with Crippen molar-refractivity contribution < 1.29 is 8.78 Å². The van der Waals surface area contributed by atoms with Gasteiger partial charge in [0.2, 0.25) is 0 Å². The number of nitrogens with zero attached hydrogens (tertiary/aromatic N) is 6. The van der Waals surface area contributed by atoms with E-state index in [1.165, 1.54) is 23.0 Å². The first-order valence-corrected chi connectivity index (χ1v) is 9.17. The molecule has 1 saturated heterocycles. The summed E-state index contributed by atoms with van der Waals surface area (Å²) in [5, 5.41) is 4.59. The Morgan fingerprint density at radius 1 is 1.24 bits per heavy atom. The second-order valence-electron chi connectivity index (χ2n) is 5.83. The summed E-state index contributed by atoms with van der Waals surface area (Å²) in [6.45, 7) is 1.89. The van der Waals surface area contributed by atoms with Gasteiger partial charge in [0, 0.05) is 24.4 Å². The van der Waals surface area contributed by atoms with Crippen LogP contribution in [0.25, 0.3) is 17.0 Å². The second-order valence-corrected chi connectivity index (χ2v) is 6.96. The fourth-order valence-corrected chi connectivity index (χ4v) is 3.64. The molecule has 1 aliphatic rings. The first-order chi connectivity index (χ1) is 12.2. The minimum atomic E-state index is -2.63. The Balaban J connectivity index is 1.71. The lowest BCUT2D eigenvalue weighted by atomic mass is 10.3. The Labute approximate surface area is 147 Å². The molecule has 0 aliphatic carbocycles. The molecule has 6 nitrogen and oxygen atoms in total. The molecular formula is C16H16F2N6S. The molecule has 3 aromatic heterocycles. The van der Waals surface area contributed by atoms with E-state index in [4.69, 9.17) is 0 Å². The number of anilines is 1. The number of aromatic nitrogens is 5. The number of rotatable bonds is 4. The van der Waals surface area contributed by atoms with Crippen LogP contribution in [0.5, 0.6) is 0 Å². The van der Waals surface area contributed by atoms with Gasteiger partial charge in [-0.05, 0) is 24.8 Å². The molecule has 4 rings (SSSR count). The zero-order valence-electron chi connectivity index (χ0n) is 13.5. The van der Waals surface area contributed by atoms with Crippen LogP contribution in [0.2, 0.25) is 0 Å². The van der Waals surface area contributed by atoms with E-state index in [-0.39, 0.29) is 5.69 Å². The number of imidazole rings is 1. The molecule has 1 unspecified atom stereocenters. The molecule has 0 amide bonds. The van der Waals surface area contributed by atoms with E-state index in [0.717, 1.165) is 25.3 Å². The standard InChI is InChI=1S/C16H16F2N6S/c1-25-10-4-5-23(8-10)15-6-12(20-9-21-15)13-7-19-14-3-2-11(16(17)18)22-24(13)14/h2-3,6-7,9-10,16H,4-5,8H2,1H3. The smallest absolute Gasteiger partial charge is 0.282 e. The quantitative estimate of drug-likeness (QED) is 0.711. The molecule has 130 valence electrons. The summed E-state index contributed by atoms with van der Waals surface area (Å²) >= 11 is 1.86. The number of halogens is 2. The molecule has 1 aliphatic heterocycles. The molecule has 0 N–H and O–H groups in total. The molecule has 25 heavy (non-hydrogen) atoms. The van der Waals surface area contributed by atoms with Gasteiger partial charge in [0.25, 0.3) is 6.43 Å². The molecule has 0 bridgehead atoms. The van der Waals surface area contributed by atoms with Gasteiger partial charge in [-0.2, -0.15) is 16.9 Å². The minimum absolute atomic E-state index is 0.289. The predicted molar refractivity (Wildman–Crippen MR) is 93.1 cm³/mol. The molecular weight excluding hydrogens is 346 g/mol. The average molecular weight is 362 g/mol. The van der Waals surface area contributed by atoms with E-state index < -0.39 is 6.43 Å². The molecule has 0 aromatic carbocycles. The van der Waals surface area contributed by atoms with Gasteiger partial charge in [-0.25, -0.2) is 28.2 Å². The SMILES string of the molecule is CSC1CCN(c2cc(-c3cnc4ccc(C(F)F)nn34)ncn2)C1. The van der Waals surface area contributed by atoms with Crippen LogP contribution >= 0.6 is 11.8 Å². The van der Waals surface area contributed by atoms with Crippen molar-refractivity contribution in [2.24, 2.45) is 0 Å². The van der Waals surface area contributed by atoms with Crippen LogP contribution in [-0.2, 0) is 0 Å². The first kappa shape index (κ1) is 16.2. The fraction of sp³-hybridized carbons (Fsp3) is 0.375. The van der Waals surface area contributed by atoms with Crippen molar-refractivity contribution in [3.63, 3.8) is 0 Å². The van der Waals surface area contributed by atoms with Crippen molar-refractivity contribution in [2.45, 2.75) is 18.1 Å². The Hall–Kier alpha value is -2.29. The van der Waals surface area contributed by atoms with E-state index in [9.17, 15) is 8.78 Å². The maximum absolute atomic E-state index is 12.9. The van der Waals surface area contributed by atoms with E-state index in [1.807, 2.05) is 17.8 Å². The highest BCUT2D eigenvalue weighted by Gasteiger charge is 2.23. The summed E-state index contributed by atoms with van der Waals surface area (Å²) in [6.07, 6.45) is 3.69. The molecule has 1 fully saturated rings. The Morgan fingerprint density at radius 2 is 2.12 bits per heavy atom. The van der Waals surface area contributed by atoms with Crippen LogP contribution in [-0.4, -0.2) is 49.2 Å². The summed E-state index contributed by atoms with van der Waals surface area (Å²) in [4.78, 5) is 15.1. The van der Waals surface area contributed by atoms with E-state index >= 15 is 0 Å². The van der Waals surface area contributed by atoms with Crippen molar-refractivity contribution in [2.75, 3.05) is 24.2 Å². The molecule has 0 spiro atoms. The van der Waals surface area contributed by atoms with Gasteiger partial charge in [-0.1, -0.05) is 0 Å². The van der Waals surface area contributed by atoms with Crippen molar-refractivity contribution in [1.82, 2.24) is 24.6 Å². The number of alkyl halides is 2. The third-order valence-electron chi connectivity index (χ3n) is 4.32. The van der Waals surface area contributed by atoms with Gasteiger partial charge >= 0.3 is 0 Å². The summed E-state index contributed by atoms with van der Waals surface area (Å²) < 4.78 is 27.3. The molecule has 9 heteroatoms. The van der Waals surface area contributed by atoms with Gasteiger partial charge in [0.15, 0.2) is 5.65 Å². The highest BCUT2D eigenvalue weighted by atomic mass is 32.2. The first-order valence-electron chi connectivity index (χ1n) is 7.88. The topological polar surface area (TPSA) is 59.2 Å². The number of fused-ring (bicyclic) bond motifs is 1. The lowest BCUT2D eigenvalue weighted by molar-refractivity contribution is 0.144.